The van der Waals surface area contributed by atoms with Crippen LogP contribution in [-0.4, -0.2) is 18.2 Å². The minimum absolute atomic E-state index is 0.0656. The van der Waals surface area contributed by atoms with Gasteiger partial charge in [-0.2, -0.15) is 0 Å². The van der Waals surface area contributed by atoms with Crippen molar-refractivity contribution in [2.45, 2.75) is 149 Å². The Bertz CT molecular complexity index is 828. The molecule has 0 aromatic rings. The van der Waals surface area contributed by atoms with E-state index in [1.165, 1.54) is 77.0 Å². The van der Waals surface area contributed by atoms with Crippen molar-refractivity contribution in [1.29, 1.82) is 0 Å². The van der Waals surface area contributed by atoms with Gasteiger partial charge in [-0.15, -0.1) is 0 Å². The lowest BCUT2D eigenvalue weighted by Crippen LogP contribution is -2.51. The van der Waals surface area contributed by atoms with Crippen molar-refractivity contribution in [3.05, 3.63) is 11.6 Å². The largest absolute Gasteiger partial charge is 0.446 e. The number of rotatable bonds is 7. The summed E-state index contributed by atoms with van der Waals surface area (Å²) in [6.07, 6.45) is 23.0. The number of carbonyl (C=O) groups is 1. The number of hydrogen-bond donors (Lipinski definition) is 1. The number of carbonyl (C=O) groups excluding carboxylic acids is 1. The maximum Gasteiger partial charge on any atom is 0.407 e. The third kappa shape index (κ3) is 5.54. The molecule has 0 bridgehead atoms. The Kier molecular flexibility index (Phi) is 8.38. The van der Waals surface area contributed by atoms with Gasteiger partial charge in [-0.05, 0) is 104 Å². The minimum Gasteiger partial charge on any atom is -0.446 e. The molecule has 5 aliphatic rings. The van der Waals surface area contributed by atoms with Gasteiger partial charge in [0.05, 0.1) is 0 Å². The second-order valence-electron chi connectivity index (χ2n) is 15.0. The lowest BCUT2D eigenvalue weighted by Gasteiger charge is -2.58. The lowest BCUT2D eigenvalue weighted by molar-refractivity contribution is -0.0582. The van der Waals surface area contributed by atoms with Gasteiger partial charge >= 0.3 is 6.09 Å². The van der Waals surface area contributed by atoms with Crippen molar-refractivity contribution in [2.24, 2.45) is 46.3 Å². The summed E-state index contributed by atoms with van der Waals surface area (Å²) < 4.78 is 6.01. The maximum absolute atomic E-state index is 12.6. The number of fused-ring (bicyclic) bond motifs is 5. The standard InChI is InChI=1S/C34H57NO2/c1-23(2)10-9-11-24(3)29-16-17-30-28-15-14-25-22-27(37-32(36)35-26-12-7-6-8-13-26)18-20-33(25,4)31(28)19-21-34(29,30)5/h14,23-24,26-31H,6-13,15-22H2,1-5H3,(H,35,36)/t24-,27-,28+,29-,30+,31+,33+,34-/m1/s1. The van der Waals surface area contributed by atoms with Crippen LogP contribution in [0.5, 0.6) is 0 Å². The van der Waals surface area contributed by atoms with Gasteiger partial charge in [0, 0.05) is 12.5 Å². The molecule has 0 aliphatic heterocycles. The topological polar surface area (TPSA) is 38.3 Å². The average molecular weight is 512 g/mol. The summed E-state index contributed by atoms with van der Waals surface area (Å²) in [7, 11) is 0. The molecule has 0 saturated heterocycles. The van der Waals surface area contributed by atoms with Crippen LogP contribution < -0.4 is 5.32 Å². The van der Waals surface area contributed by atoms with Crippen LogP contribution in [0.4, 0.5) is 4.79 Å². The van der Waals surface area contributed by atoms with E-state index in [2.05, 4.69) is 46.0 Å². The van der Waals surface area contributed by atoms with E-state index in [4.69, 9.17) is 4.74 Å². The van der Waals surface area contributed by atoms with Crippen molar-refractivity contribution >= 4 is 6.09 Å². The van der Waals surface area contributed by atoms with Crippen LogP contribution in [0, 0.1) is 46.3 Å². The first-order chi connectivity index (χ1) is 17.7. The second-order valence-corrected chi connectivity index (χ2v) is 15.0. The molecule has 1 N–H and O–H groups in total. The molecule has 0 spiro atoms. The monoisotopic (exact) mass is 511 g/mol. The quantitative estimate of drug-likeness (QED) is 0.346. The normalized spacial score (nSPS) is 40.8. The average Bonchev–Trinajstić information content (AvgIpc) is 3.22. The van der Waals surface area contributed by atoms with Gasteiger partial charge in [0.25, 0.3) is 0 Å². The zero-order chi connectivity index (χ0) is 26.2. The summed E-state index contributed by atoms with van der Waals surface area (Å²) >= 11 is 0. The van der Waals surface area contributed by atoms with E-state index in [1.807, 2.05) is 0 Å². The SMILES string of the molecule is CC(C)CCC[C@@H](C)[C@H]1CC[C@H]2[C@@H]3CC=C4C[C@H](OC(=O)NC5CCCCC5)CC[C@]4(C)[C@H]3CC[C@]12C. The van der Waals surface area contributed by atoms with Crippen molar-refractivity contribution in [2.75, 3.05) is 0 Å². The van der Waals surface area contributed by atoms with E-state index in [0.29, 0.717) is 16.9 Å². The summed E-state index contributed by atoms with van der Waals surface area (Å²) in [5, 5.41) is 3.17. The molecule has 210 valence electrons. The fourth-order valence-electron chi connectivity index (χ4n) is 10.4. The molecule has 8 atom stereocenters. The van der Waals surface area contributed by atoms with E-state index >= 15 is 0 Å². The molecular formula is C34H57NO2. The van der Waals surface area contributed by atoms with Gasteiger partial charge in [0.2, 0.25) is 0 Å². The Balaban J connectivity index is 1.20. The first-order valence-electron chi connectivity index (χ1n) is 16.4. The van der Waals surface area contributed by atoms with Crippen molar-refractivity contribution in [3.63, 3.8) is 0 Å². The Hall–Kier alpha value is -0.990. The number of alkyl carbamates (subject to hydrolysis) is 1. The van der Waals surface area contributed by atoms with E-state index in [1.54, 1.807) is 5.57 Å². The molecule has 0 aromatic carbocycles. The van der Waals surface area contributed by atoms with Gasteiger partial charge < -0.3 is 10.1 Å². The molecule has 5 rings (SSSR count). The molecule has 0 radical (unpaired) electrons. The molecule has 0 unspecified atom stereocenters. The van der Waals surface area contributed by atoms with Crippen molar-refractivity contribution < 1.29 is 9.53 Å². The molecule has 3 nitrogen and oxygen atoms in total. The molecule has 37 heavy (non-hydrogen) atoms. The highest BCUT2D eigenvalue weighted by molar-refractivity contribution is 5.67. The summed E-state index contributed by atoms with van der Waals surface area (Å²) in [4.78, 5) is 12.6. The Morgan fingerprint density at radius 1 is 0.973 bits per heavy atom. The third-order valence-electron chi connectivity index (χ3n) is 12.5. The van der Waals surface area contributed by atoms with Crippen molar-refractivity contribution in [1.82, 2.24) is 5.32 Å². The molecule has 1 amide bonds. The summed E-state index contributed by atoms with van der Waals surface area (Å²) in [6.45, 7) is 12.6. The van der Waals surface area contributed by atoms with Crippen LogP contribution in [-0.2, 0) is 4.74 Å². The van der Waals surface area contributed by atoms with E-state index < -0.39 is 0 Å². The minimum atomic E-state index is -0.164. The number of allylic oxidation sites excluding steroid dienone is 1. The lowest BCUT2D eigenvalue weighted by atomic mass is 9.47. The highest BCUT2D eigenvalue weighted by atomic mass is 16.6. The van der Waals surface area contributed by atoms with Crippen molar-refractivity contribution in [3.8, 4) is 0 Å². The molecule has 4 saturated carbocycles. The van der Waals surface area contributed by atoms with Crippen LogP contribution in [0.1, 0.15) is 137 Å². The first-order valence-corrected chi connectivity index (χ1v) is 16.4. The number of ether oxygens (including phenoxy) is 1. The highest BCUT2D eigenvalue weighted by Crippen LogP contribution is 2.67. The van der Waals surface area contributed by atoms with E-state index in [-0.39, 0.29) is 12.2 Å². The predicted octanol–water partition coefficient (Wildman–Crippen LogP) is 9.46. The zero-order valence-corrected chi connectivity index (χ0v) is 24.8. The Morgan fingerprint density at radius 2 is 1.76 bits per heavy atom. The summed E-state index contributed by atoms with van der Waals surface area (Å²) in [5.41, 5.74) is 2.50. The fraction of sp³-hybridized carbons (Fsp3) is 0.912. The van der Waals surface area contributed by atoms with Crippen LogP contribution in [0.2, 0.25) is 0 Å². The van der Waals surface area contributed by atoms with Crippen LogP contribution in [0.3, 0.4) is 0 Å². The molecule has 3 heteroatoms. The summed E-state index contributed by atoms with van der Waals surface area (Å²) in [6, 6.07) is 0.328. The second kappa shape index (κ2) is 11.2. The van der Waals surface area contributed by atoms with Gasteiger partial charge in [-0.1, -0.05) is 84.8 Å². The van der Waals surface area contributed by atoms with E-state index in [9.17, 15) is 4.79 Å². The van der Waals surface area contributed by atoms with E-state index in [0.717, 1.165) is 61.2 Å². The zero-order valence-electron chi connectivity index (χ0n) is 24.8. The molecule has 0 aromatic heterocycles. The number of nitrogens with one attached hydrogen (secondary N) is 1. The van der Waals surface area contributed by atoms with Crippen LogP contribution in [0.15, 0.2) is 11.6 Å². The highest BCUT2D eigenvalue weighted by Gasteiger charge is 2.59. The fourth-order valence-corrected chi connectivity index (χ4v) is 10.4. The first kappa shape index (κ1) is 27.6. The molecular weight excluding hydrogens is 454 g/mol. The van der Waals surface area contributed by atoms with Gasteiger partial charge in [0.15, 0.2) is 0 Å². The third-order valence-corrected chi connectivity index (χ3v) is 12.5. The Labute approximate surface area is 228 Å². The predicted molar refractivity (Wildman–Crippen MR) is 153 cm³/mol. The van der Waals surface area contributed by atoms with Crippen LogP contribution >= 0.6 is 0 Å². The van der Waals surface area contributed by atoms with Gasteiger partial charge in [0.1, 0.15) is 6.10 Å². The van der Waals surface area contributed by atoms with Gasteiger partial charge in [-0.25, -0.2) is 4.79 Å². The molecule has 4 fully saturated rings. The summed E-state index contributed by atoms with van der Waals surface area (Å²) in [5.74, 6) is 5.25. The molecule has 5 aliphatic carbocycles. The van der Waals surface area contributed by atoms with Gasteiger partial charge in [-0.3, -0.25) is 0 Å². The maximum atomic E-state index is 12.6. The number of hydrogen-bond acceptors (Lipinski definition) is 2. The molecule has 0 heterocycles. The van der Waals surface area contributed by atoms with Crippen LogP contribution in [0.25, 0.3) is 0 Å². The Morgan fingerprint density at radius 3 is 2.51 bits per heavy atom. The smallest absolute Gasteiger partial charge is 0.407 e. The number of amides is 1.